The Morgan fingerprint density at radius 3 is 2.76 bits per heavy atom. The van der Waals surface area contributed by atoms with Gasteiger partial charge in [0.2, 0.25) is 0 Å². The molecule has 0 aliphatic rings. The fourth-order valence-electron chi connectivity index (χ4n) is 1.49. The molecule has 1 aromatic rings. The van der Waals surface area contributed by atoms with Crippen LogP contribution in [0.4, 0.5) is 5.88 Å². The highest BCUT2D eigenvalue weighted by molar-refractivity contribution is 5.37. The third-order valence-electron chi connectivity index (χ3n) is 2.34. The monoisotopic (exact) mass is 240 g/mol. The number of unbranched alkanes of at least 4 members (excludes halogenated alkanes) is 3. The summed E-state index contributed by atoms with van der Waals surface area (Å²) < 4.78 is 9.21. The van der Waals surface area contributed by atoms with E-state index in [2.05, 4.69) is 4.74 Å². The molecule has 6 heteroatoms. The molecule has 0 bridgehead atoms. The SMILES string of the molecule is O=[C]OCCCCCCc1coc([N+](=O)[O-])c1. The quantitative estimate of drug-likeness (QED) is 0.376. The van der Waals surface area contributed by atoms with E-state index in [1.54, 1.807) is 0 Å². The number of carbonyl (C=O) groups excluding carboxylic acids is 1. The minimum absolute atomic E-state index is 0.213. The van der Waals surface area contributed by atoms with Gasteiger partial charge in [-0.2, -0.15) is 0 Å². The number of hydrogen-bond acceptors (Lipinski definition) is 5. The van der Waals surface area contributed by atoms with E-state index in [4.69, 9.17) is 4.42 Å². The van der Waals surface area contributed by atoms with Gasteiger partial charge in [0.1, 0.15) is 11.2 Å². The van der Waals surface area contributed by atoms with Gasteiger partial charge >= 0.3 is 12.4 Å². The summed E-state index contributed by atoms with van der Waals surface area (Å²) in [5, 5.41) is 10.4. The maximum absolute atomic E-state index is 10.4. The van der Waals surface area contributed by atoms with E-state index in [-0.39, 0.29) is 5.88 Å². The molecule has 1 heterocycles. The molecular weight excluding hydrogens is 226 g/mol. The van der Waals surface area contributed by atoms with Crippen molar-refractivity contribution in [3.05, 3.63) is 28.0 Å². The van der Waals surface area contributed by atoms with E-state index in [1.165, 1.54) is 18.8 Å². The Labute approximate surface area is 98.7 Å². The largest absolute Gasteiger partial charge is 0.457 e. The summed E-state index contributed by atoms with van der Waals surface area (Å²) in [6, 6.07) is 1.45. The van der Waals surface area contributed by atoms with Gasteiger partial charge in [-0.1, -0.05) is 12.8 Å². The van der Waals surface area contributed by atoms with E-state index >= 15 is 0 Å². The second-order valence-corrected chi connectivity index (χ2v) is 3.65. The Bertz CT molecular complexity index is 360. The van der Waals surface area contributed by atoms with Gasteiger partial charge in [0.15, 0.2) is 0 Å². The first-order valence-corrected chi connectivity index (χ1v) is 5.45. The number of aryl methyl sites for hydroxylation is 1. The van der Waals surface area contributed by atoms with Crippen molar-refractivity contribution in [1.29, 1.82) is 0 Å². The summed E-state index contributed by atoms with van der Waals surface area (Å²) in [4.78, 5) is 19.5. The van der Waals surface area contributed by atoms with Gasteiger partial charge in [-0.3, -0.25) is 10.1 Å². The van der Waals surface area contributed by atoms with Crippen molar-refractivity contribution in [3.8, 4) is 0 Å². The maximum atomic E-state index is 10.4. The number of hydrogen-bond donors (Lipinski definition) is 0. The van der Waals surface area contributed by atoms with Crippen LogP contribution in [0.15, 0.2) is 16.7 Å². The lowest BCUT2D eigenvalue weighted by molar-refractivity contribution is -0.402. The summed E-state index contributed by atoms with van der Waals surface area (Å²) in [5.74, 6) is -0.213. The van der Waals surface area contributed by atoms with Gasteiger partial charge in [0.25, 0.3) is 0 Å². The van der Waals surface area contributed by atoms with Crippen LogP contribution in [-0.4, -0.2) is 18.0 Å². The normalized spacial score (nSPS) is 10.1. The molecule has 17 heavy (non-hydrogen) atoms. The summed E-state index contributed by atoms with van der Waals surface area (Å²) in [6.07, 6.45) is 5.88. The molecule has 0 unspecified atom stereocenters. The van der Waals surface area contributed by atoms with E-state index < -0.39 is 4.92 Å². The average molecular weight is 240 g/mol. The molecule has 0 N–H and O–H groups in total. The van der Waals surface area contributed by atoms with Crippen LogP contribution >= 0.6 is 0 Å². The summed E-state index contributed by atoms with van der Waals surface area (Å²) in [7, 11) is 0. The first-order valence-electron chi connectivity index (χ1n) is 5.45. The number of furan rings is 1. The van der Waals surface area contributed by atoms with Crippen LogP contribution in [0.5, 0.6) is 0 Å². The lowest BCUT2D eigenvalue weighted by Crippen LogP contribution is -1.91. The predicted molar refractivity (Wildman–Crippen MR) is 59.2 cm³/mol. The Hall–Kier alpha value is -1.85. The number of ether oxygens (including phenoxy) is 1. The van der Waals surface area contributed by atoms with E-state index in [0.717, 1.165) is 37.7 Å². The smallest absolute Gasteiger partial charge is 0.433 e. The topological polar surface area (TPSA) is 82.6 Å². The van der Waals surface area contributed by atoms with E-state index in [1.807, 2.05) is 0 Å². The fourth-order valence-corrected chi connectivity index (χ4v) is 1.49. The molecule has 0 atom stereocenters. The van der Waals surface area contributed by atoms with E-state index in [9.17, 15) is 14.9 Å². The van der Waals surface area contributed by atoms with Crippen LogP contribution in [0.2, 0.25) is 0 Å². The van der Waals surface area contributed by atoms with Gasteiger partial charge in [-0.15, -0.1) is 0 Å². The molecular formula is C11H14NO5. The van der Waals surface area contributed by atoms with Crippen molar-refractivity contribution in [1.82, 2.24) is 0 Å². The van der Waals surface area contributed by atoms with Crippen LogP contribution in [-0.2, 0) is 16.0 Å². The number of nitrogens with zero attached hydrogens (tertiary/aromatic N) is 1. The second-order valence-electron chi connectivity index (χ2n) is 3.65. The lowest BCUT2D eigenvalue weighted by atomic mass is 10.1. The average Bonchev–Trinajstić information content (AvgIpc) is 2.77. The van der Waals surface area contributed by atoms with Crippen LogP contribution in [0.25, 0.3) is 0 Å². The van der Waals surface area contributed by atoms with Gasteiger partial charge in [0.05, 0.1) is 12.7 Å². The third kappa shape index (κ3) is 5.14. The second kappa shape index (κ2) is 7.43. The van der Waals surface area contributed by atoms with Crippen LogP contribution in [0.3, 0.4) is 0 Å². The summed E-state index contributed by atoms with van der Waals surface area (Å²) >= 11 is 0. The molecule has 6 nitrogen and oxygen atoms in total. The Morgan fingerprint density at radius 1 is 1.35 bits per heavy atom. The zero-order chi connectivity index (χ0) is 12.5. The lowest BCUT2D eigenvalue weighted by Gasteiger charge is -1.98. The van der Waals surface area contributed by atoms with Crippen molar-refractivity contribution in [2.75, 3.05) is 6.61 Å². The molecule has 0 fully saturated rings. The minimum atomic E-state index is -0.545. The Kier molecular flexibility index (Phi) is 5.77. The highest BCUT2D eigenvalue weighted by Gasteiger charge is 2.11. The molecule has 1 aromatic heterocycles. The molecule has 1 rings (SSSR count). The molecule has 0 saturated carbocycles. The first-order chi connectivity index (χ1) is 8.24. The predicted octanol–water partition coefficient (Wildman–Crippen LogP) is 2.37. The molecule has 0 aromatic carbocycles. The Balaban J connectivity index is 2.09. The van der Waals surface area contributed by atoms with E-state index in [0.29, 0.717) is 6.61 Å². The standard InChI is InChI=1S/C11H14NO5/c13-9-16-6-4-2-1-3-5-10-7-11(12(14)15)17-8-10/h7-8H,1-6H2. The van der Waals surface area contributed by atoms with Gasteiger partial charge in [0, 0.05) is 0 Å². The first kappa shape index (κ1) is 13.2. The van der Waals surface area contributed by atoms with Gasteiger partial charge in [-0.05, 0) is 24.8 Å². The maximum Gasteiger partial charge on any atom is 0.433 e. The third-order valence-corrected chi connectivity index (χ3v) is 2.34. The van der Waals surface area contributed by atoms with Crippen LogP contribution in [0.1, 0.15) is 31.2 Å². The minimum Gasteiger partial charge on any atom is -0.457 e. The van der Waals surface area contributed by atoms with Crippen molar-refractivity contribution in [2.24, 2.45) is 0 Å². The fraction of sp³-hybridized carbons (Fsp3) is 0.545. The summed E-state index contributed by atoms with van der Waals surface area (Å²) in [6.45, 7) is 1.78. The molecule has 0 aliphatic heterocycles. The van der Waals surface area contributed by atoms with Crippen molar-refractivity contribution in [3.63, 3.8) is 0 Å². The zero-order valence-corrected chi connectivity index (χ0v) is 9.39. The molecule has 93 valence electrons. The van der Waals surface area contributed by atoms with Crippen molar-refractivity contribution >= 4 is 12.4 Å². The van der Waals surface area contributed by atoms with Crippen LogP contribution in [0, 0.1) is 10.1 Å². The highest BCUT2D eigenvalue weighted by atomic mass is 16.6. The van der Waals surface area contributed by atoms with Crippen molar-refractivity contribution in [2.45, 2.75) is 32.1 Å². The molecule has 1 radical (unpaired) electrons. The number of rotatable bonds is 9. The van der Waals surface area contributed by atoms with Crippen LogP contribution < -0.4 is 0 Å². The molecule has 0 aliphatic carbocycles. The zero-order valence-electron chi connectivity index (χ0n) is 9.39. The molecule has 0 saturated heterocycles. The highest BCUT2D eigenvalue weighted by Crippen LogP contribution is 2.17. The molecule has 0 amide bonds. The summed E-state index contributed by atoms with van der Waals surface area (Å²) in [5.41, 5.74) is 0.842. The molecule has 0 spiro atoms. The Morgan fingerprint density at radius 2 is 2.12 bits per heavy atom. The number of nitro groups is 1. The van der Waals surface area contributed by atoms with Gasteiger partial charge < -0.3 is 9.15 Å². The van der Waals surface area contributed by atoms with Crippen molar-refractivity contribution < 1.29 is 18.9 Å². The van der Waals surface area contributed by atoms with Gasteiger partial charge in [-0.25, -0.2) is 4.79 Å².